The Kier molecular flexibility index (Phi) is 4.93. The predicted octanol–water partition coefficient (Wildman–Crippen LogP) is 3.68. The average molecular weight is 353 g/mol. The SMILES string of the molecule is Cc1nn(C)c(C)c1CCC(=O)Cc1ccc(Br)cc1F. The van der Waals surface area contributed by atoms with Crippen LogP contribution in [-0.4, -0.2) is 15.6 Å². The van der Waals surface area contributed by atoms with Crippen LogP contribution in [0.25, 0.3) is 0 Å². The molecule has 0 radical (unpaired) electrons. The fourth-order valence-electron chi connectivity index (χ4n) is 2.41. The Morgan fingerprint density at radius 1 is 1.38 bits per heavy atom. The van der Waals surface area contributed by atoms with Gasteiger partial charge in [-0.05, 0) is 43.5 Å². The van der Waals surface area contributed by atoms with Gasteiger partial charge in [0.15, 0.2) is 0 Å². The van der Waals surface area contributed by atoms with E-state index >= 15 is 0 Å². The monoisotopic (exact) mass is 352 g/mol. The molecule has 0 saturated carbocycles. The molecule has 0 aliphatic rings. The van der Waals surface area contributed by atoms with E-state index < -0.39 is 0 Å². The Morgan fingerprint density at radius 2 is 2.10 bits per heavy atom. The molecule has 1 aromatic heterocycles. The maximum atomic E-state index is 13.7. The summed E-state index contributed by atoms with van der Waals surface area (Å²) in [6.07, 6.45) is 1.20. The van der Waals surface area contributed by atoms with Crippen molar-refractivity contribution in [2.45, 2.75) is 33.1 Å². The Bertz CT molecular complexity index is 679. The molecule has 0 spiro atoms. The fraction of sp³-hybridized carbons (Fsp3) is 0.375. The summed E-state index contributed by atoms with van der Waals surface area (Å²) >= 11 is 3.21. The topological polar surface area (TPSA) is 34.9 Å². The van der Waals surface area contributed by atoms with Crippen LogP contribution in [0.2, 0.25) is 0 Å². The van der Waals surface area contributed by atoms with Gasteiger partial charge < -0.3 is 0 Å². The van der Waals surface area contributed by atoms with Gasteiger partial charge in [0.1, 0.15) is 11.6 Å². The molecular weight excluding hydrogens is 335 g/mol. The molecule has 21 heavy (non-hydrogen) atoms. The Balaban J connectivity index is 1.99. The second-order valence-corrected chi connectivity index (χ2v) is 6.14. The van der Waals surface area contributed by atoms with E-state index in [2.05, 4.69) is 21.0 Å². The molecule has 112 valence electrons. The fourth-order valence-corrected chi connectivity index (χ4v) is 2.74. The molecule has 0 amide bonds. The van der Waals surface area contributed by atoms with Crippen LogP contribution in [0.15, 0.2) is 22.7 Å². The molecule has 3 nitrogen and oxygen atoms in total. The zero-order chi connectivity index (χ0) is 15.6. The van der Waals surface area contributed by atoms with E-state index in [1.807, 2.05) is 25.6 Å². The number of nitrogens with zero attached hydrogens (tertiary/aromatic N) is 2. The van der Waals surface area contributed by atoms with E-state index in [9.17, 15) is 9.18 Å². The van der Waals surface area contributed by atoms with E-state index in [1.165, 1.54) is 6.07 Å². The first-order valence-corrected chi connectivity index (χ1v) is 7.62. The number of ketones is 1. The quantitative estimate of drug-likeness (QED) is 0.822. The van der Waals surface area contributed by atoms with Crippen LogP contribution >= 0.6 is 15.9 Å². The number of halogens is 2. The second-order valence-electron chi connectivity index (χ2n) is 5.22. The lowest BCUT2D eigenvalue weighted by molar-refractivity contribution is -0.118. The lowest BCUT2D eigenvalue weighted by Gasteiger charge is -2.04. The predicted molar refractivity (Wildman–Crippen MR) is 83.8 cm³/mol. The van der Waals surface area contributed by atoms with Crippen molar-refractivity contribution < 1.29 is 9.18 Å². The molecule has 0 bridgehead atoms. The molecule has 0 aliphatic carbocycles. The molecule has 5 heteroatoms. The van der Waals surface area contributed by atoms with Gasteiger partial charge in [0.05, 0.1) is 5.69 Å². The van der Waals surface area contributed by atoms with E-state index in [0.717, 1.165) is 17.0 Å². The van der Waals surface area contributed by atoms with Crippen LogP contribution in [0.4, 0.5) is 4.39 Å². The summed E-state index contributed by atoms with van der Waals surface area (Å²) in [5.41, 5.74) is 3.60. The van der Waals surface area contributed by atoms with Crippen molar-refractivity contribution in [3.63, 3.8) is 0 Å². The van der Waals surface area contributed by atoms with E-state index in [1.54, 1.807) is 12.1 Å². The first-order chi connectivity index (χ1) is 9.88. The van der Waals surface area contributed by atoms with Crippen LogP contribution in [0.1, 0.15) is 28.9 Å². The van der Waals surface area contributed by atoms with Crippen LogP contribution < -0.4 is 0 Å². The number of carbonyl (C=O) groups is 1. The third-order valence-corrected chi connectivity index (χ3v) is 4.21. The number of benzene rings is 1. The highest BCUT2D eigenvalue weighted by Crippen LogP contribution is 2.18. The molecule has 0 unspecified atom stereocenters. The second kappa shape index (κ2) is 6.52. The Labute approximate surface area is 132 Å². The summed E-state index contributed by atoms with van der Waals surface area (Å²) in [6.45, 7) is 3.94. The number of hydrogen-bond donors (Lipinski definition) is 0. The lowest BCUT2D eigenvalue weighted by atomic mass is 10.0. The van der Waals surface area contributed by atoms with Crippen LogP contribution in [0.3, 0.4) is 0 Å². The molecule has 0 saturated heterocycles. The standard InChI is InChI=1S/C16H18BrFN2O/c1-10-15(11(2)20(3)19-10)7-6-14(21)8-12-4-5-13(17)9-16(12)18/h4-5,9H,6-8H2,1-3H3. The van der Waals surface area contributed by atoms with Gasteiger partial charge in [-0.15, -0.1) is 0 Å². The summed E-state index contributed by atoms with van der Waals surface area (Å²) in [5, 5.41) is 4.34. The molecule has 2 rings (SSSR count). The van der Waals surface area contributed by atoms with Crippen molar-refractivity contribution in [2.75, 3.05) is 0 Å². The van der Waals surface area contributed by atoms with Crippen LogP contribution in [-0.2, 0) is 24.7 Å². The molecule has 1 aromatic carbocycles. The zero-order valence-corrected chi connectivity index (χ0v) is 14.0. The first kappa shape index (κ1) is 15.9. The van der Waals surface area contributed by atoms with Gasteiger partial charge in [0.2, 0.25) is 0 Å². The minimum atomic E-state index is -0.341. The number of rotatable bonds is 5. The third kappa shape index (κ3) is 3.79. The summed E-state index contributed by atoms with van der Waals surface area (Å²) in [5.74, 6) is -0.301. The van der Waals surface area contributed by atoms with Gasteiger partial charge in [-0.1, -0.05) is 22.0 Å². The zero-order valence-electron chi connectivity index (χ0n) is 12.4. The molecule has 0 aliphatic heterocycles. The highest BCUT2D eigenvalue weighted by Gasteiger charge is 2.13. The van der Waals surface area contributed by atoms with Crippen molar-refractivity contribution in [3.8, 4) is 0 Å². The smallest absolute Gasteiger partial charge is 0.137 e. The molecule has 0 fully saturated rings. The van der Waals surface area contributed by atoms with Gasteiger partial charge in [0.25, 0.3) is 0 Å². The van der Waals surface area contributed by atoms with Crippen molar-refractivity contribution in [1.82, 2.24) is 9.78 Å². The van der Waals surface area contributed by atoms with Crippen LogP contribution in [0, 0.1) is 19.7 Å². The van der Waals surface area contributed by atoms with Crippen molar-refractivity contribution in [2.24, 2.45) is 7.05 Å². The molecule has 1 heterocycles. The average Bonchev–Trinajstić information content (AvgIpc) is 2.65. The maximum Gasteiger partial charge on any atom is 0.137 e. The van der Waals surface area contributed by atoms with Crippen LogP contribution in [0.5, 0.6) is 0 Å². The minimum Gasteiger partial charge on any atom is -0.299 e. The molecular formula is C16H18BrFN2O. The largest absolute Gasteiger partial charge is 0.299 e. The van der Waals surface area contributed by atoms with Crippen molar-refractivity contribution in [3.05, 3.63) is 51.0 Å². The van der Waals surface area contributed by atoms with Crippen molar-refractivity contribution in [1.29, 1.82) is 0 Å². The number of aromatic nitrogens is 2. The summed E-state index contributed by atoms with van der Waals surface area (Å²) < 4.78 is 16.2. The number of Topliss-reactive ketones (excluding diaryl/α,β-unsaturated/α-hetero) is 1. The van der Waals surface area contributed by atoms with Gasteiger partial charge in [-0.3, -0.25) is 9.48 Å². The third-order valence-electron chi connectivity index (χ3n) is 3.72. The van der Waals surface area contributed by atoms with E-state index in [-0.39, 0.29) is 18.0 Å². The van der Waals surface area contributed by atoms with E-state index in [4.69, 9.17) is 0 Å². The minimum absolute atomic E-state index is 0.0406. The molecule has 0 atom stereocenters. The highest BCUT2D eigenvalue weighted by atomic mass is 79.9. The lowest BCUT2D eigenvalue weighted by Crippen LogP contribution is -2.06. The van der Waals surface area contributed by atoms with Crippen molar-refractivity contribution >= 4 is 21.7 Å². The van der Waals surface area contributed by atoms with Gasteiger partial charge in [-0.2, -0.15) is 5.10 Å². The Morgan fingerprint density at radius 3 is 2.67 bits per heavy atom. The number of aryl methyl sites for hydroxylation is 2. The van der Waals surface area contributed by atoms with Gasteiger partial charge in [0, 0.05) is 30.1 Å². The summed E-state index contributed by atoms with van der Waals surface area (Å²) in [6, 6.07) is 4.79. The number of hydrogen-bond acceptors (Lipinski definition) is 2. The normalized spacial score (nSPS) is 10.9. The summed E-state index contributed by atoms with van der Waals surface area (Å²) in [4.78, 5) is 12.0. The Hall–Kier alpha value is -1.49. The molecule has 0 N–H and O–H groups in total. The number of carbonyl (C=O) groups excluding carboxylic acids is 1. The van der Waals surface area contributed by atoms with Gasteiger partial charge in [-0.25, -0.2) is 4.39 Å². The summed E-state index contributed by atoms with van der Waals surface area (Å²) in [7, 11) is 1.89. The highest BCUT2D eigenvalue weighted by molar-refractivity contribution is 9.10. The first-order valence-electron chi connectivity index (χ1n) is 6.83. The maximum absolute atomic E-state index is 13.7. The van der Waals surface area contributed by atoms with Gasteiger partial charge >= 0.3 is 0 Å². The van der Waals surface area contributed by atoms with E-state index in [0.29, 0.717) is 22.9 Å². The molecule has 2 aromatic rings.